The predicted molar refractivity (Wildman–Crippen MR) is 84.3 cm³/mol. The van der Waals surface area contributed by atoms with Gasteiger partial charge in [0.2, 0.25) is 0 Å². The van der Waals surface area contributed by atoms with Crippen molar-refractivity contribution in [1.82, 2.24) is 0 Å². The van der Waals surface area contributed by atoms with Crippen molar-refractivity contribution in [1.29, 1.82) is 0 Å². The van der Waals surface area contributed by atoms with E-state index in [1.807, 2.05) is 30.3 Å². The lowest BCUT2D eigenvalue weighted by Gasteiger charge is -2.18. The molecule has 1 aliphatic rings. The highest BCUT2D eigenvalue weighted by Gasteiger charge is 2.26. The van der Waals surface area contributed by atoms with Gasteiger partial charge in [-0.15, -0.1) is 11.3 Å². The fourth-order valence-electron chi connectivity index (χ4n) is 2.74. The van der Waals surface area contributed by atoms with Crippen molar-refractivity contribution in [3.05, 3.63) is 46.3 Å². The van der Waals surface area contributed by atoms with Crippen molar-refractivity contribution in [3.8, 4) is 0 Å². The third-order valence-corrected chi connectivity index (χ3v) is 4.88. The van der Waals surface area contributed by atoms with Crippen LogP contribution >= 0.6 is 11.3 Å². The summed E-state index contributed by atoms with van der Waals surface area (Å²) in [5.74, 6) is 0.603. The number of benzene rings is 1. The molecule has 20 heavy (non-hydrogen) atoms. The van der Waals surface area contributed by atoms with Gasteiger partial charge in [0.15, 0.2) is 0 Å². The third-order valence-electron chi connectivity index (χ3n) is 3.80. The maximum Gasteiger partial charge on any atom is 0.258 e. The Hall–Kier alpha value is -1.81. The van der Waals surface area contributed by atoms with Crippen LogP contribution in [0.5, 0.6) is 0 Å². The zero-order chi connectivity index (χ0) is 14.1. The van der Waals surface area contributed by atoms with Gasteiger partial charge in [-0.3, -0.25) is 4.79 Å². The zero-order valence-corrected chi connectivity index (χ0v) is 12.3. The molecule has 3 N–H and O–H groups in total. The molecule has 1 amide bonds. The molecule has 0 saturated carbocycles. The van der Waals surface area contributed by atoms with Crippen molar-refractivity contribution >= 4 is 27.9 Å². The summed E-state index contributed by atoms with van der Waals surface area (Å²) in [7, 11) is 0. The van der Waals surface area contributed by atoms with Crippen LogP contribution in [0.15, 0.2) is 30.3 Å². The van der Waals surface area contributed by atoms with Gasteiger partial charge in [-0.2, -0.15) is 0 Å². The first-order valence-corrected chi connectivity index (χ1v) is 7.73. The average Bonchev–Trinajstić information content (AvgIpc) is 2.74. The Morgan fingerprint density at radius 3 is 2.85 bits per heavy atom. The fourth-order valence-corrected chi connectivity index (χ4v) is 4.01. The van der Waals surface area contributed by atoms with Crippen LogP contribution in [-0.2, 0) is 12.8 Å². The van der Waals surface area contributed by atoms with Crippen molar-refractivity contribution < 1.29 is 4.79 Å². The van der Waals surface area contributed by atoms with Crippen molar-refractivity contribution in [2.24, 2.45) is 5.92 Å². The molecule has 1 aliphatic carbocycles. The molecular formula is C16H18N2OS. The average molecular weight is 286 g/mol. The molecule has 3 rings (SSSR count). The molecule has 1 unspecified atom stereocenters. The summed E-state index contributed by atoms with van der Waals surface area (Å²) in [6.45, 7) is 2.25. The fraction of sp³-hybridized carbons (Fsp3) is 0.312. The van der Waals surface area contributed by atoms with Crippen molar-refractivity contribution in [3.63, 3.8) is 0 Å². The lowest BCUT2D eigenvalue weighted by Crippen LogP contribution is -2.17. The number of fused-ring (bicyclic) bond motifs is 1. The highest BCUT2D eigenvalue weighted by Crippen LogP contribution is 2.38. The number of hydrogen-bond acceptors (Lipinski definition) is 3. The number of nitrogens with two attached hydrogens (primary N) is 1. The largest absolute Gasteiger partial charge is 0.390 e. The summed E-state index contributed by atoms with van der Waals surface area (Å²) in [5.41, 5.74) is 8.75. The molecule has 104 valence electrons. The SMILES string of the molecule is CC1CCc2c(sc(N)c2C(=O)Nc2ccccc2)C1. The molecule has 1 heterocycles. The first-order chi connectivity index (χ1) is 9.65. The Morgan fingerprint density at radius 2 is 2.10 bits per heavy atom. The first kappa shape index (κ1) is 13.2. The van der Waals surface area contributed by atoms with Crippen LogP contribution in [-0.4, -0.2) is 5.91 Å². The molecule has 1 atom stereocenters. The molecule has 0 radical (unpaired) electrons. The number of carbonyl (C=O) groups is 1. The van der Waals surface area contributed by atoms with E-state index in [-0.39, 0.29) is 5.91 Å². The van der Waals surface area contributed by atoms with Gasteiger partial charge >= 0.3 is 0 Å². The number of thiophene rings is 1. The van der Waals surface area contributed by atoms with Crippen LogP contribution in [0.25, 0.3) is 0 Å². The second kappa shape index (κ2) is 5.29. The highest BCUT2D eigenvalue weighted by atomic mass is 32.1. The van der Waals surface area contributed by atoms with Gasteiger partial charge < -0.3 is 11.1 Å². The Kier molecular flexibility index (Phi) is 3.49. The highest BCUT2D eigenvalue weighted by molar-refractivity contribution is 7.16. The minimum atomic E-state index is -0.0826. The topological polar surface area (TPSA) is 55.1 Å². The molecule has 0 aliphatic heterocycles. The molecule has 0 fully saturated rings. The van der Waals surface area contributed by atoms with E-state index in [2.05, 4.69) is 12.2 Å². The normalized spacial score (nSPS) is 17.6. The number of amides is 1. The summed E-state index contributed by atoms with van der Waals surface area (Å²) in [4.78, 5) is 13.8. The number of anilines is 2. The molecule has 1 aromatic carbocycles. The van der Waals surface area contributed by atoms with Crippen molar-refractivity contribution in [2.75, 3.05) is 11.1 Å². The summed E-state index contributed by atoms with van der Waals surface area (Å²) < 4.78 is 0. The number of para-hydroxylation sites is 1. The number of nitrogens with one attached hydrogen (secondary N) is 1. The van der Waals surface area contributed by atoms with Gasteiger partial charge in [0.25, 0.3) is 5.91 Å². The lowest BCUT2D eigenvalue weighted by molar-refractivity contribution is 0.102. The van der Waals surface area contributed by atoms with E-state index < -0.39 is 0 Å². The first-order valence-electron chi connectivity index (χ1n) is 6.91. The Labute approximate surface area is 122 Å². The predicted octanol–water partition coefficient (Wildman–Crippen LogP) is 3.71. The summed E-state index contributed by atoms with van der Waals surface area (Å²) in [6.07, 6.45) is 3.14. The molecule has 0 bridgehead atoms. The zero-order valence-electron chi connectivity index (χ0n) is 11.5. The molecular weight excluding hydrogens is 268 g/mol. The van der Waals surface area contributed by atoms with E-state index in [0.717, 1.165) is 24.9 Å². The molecule has 3 nitrogen and oxygen atoms in total. The molecule has 2 aromatic rings. The quantitative estimate of drug-likeness (QED) is 0.884. The standard InChI is InChI=1S/C16H18N2OS/c1-10-7-8-12-13(9-10)20-15(17)14(12)16(19)18-11-5-3-2-4-6-11/h2-6,10H,7-9,17H2,1H3,(H,18,19). The van der Waals surface area contributed by atoms with E-state index in [1.54, 1.807) is 11.3 Å². The van der Waals surface area contributed by atoms with Gasteiger partial charge in [0.1, 0.15) is 0 Å². The molecule has 0 saturated heterocycles. The van der Waals surface area contributed by atoms with Crippen molar-refractivity contribution in [2.45, 2.75) is 26.2 Å². The maximum atomic E-state index is 12.5. The van der Waals surface area contributed by atoms with Gasteiger partial charge in [0.05, 0.1) is 10.6 Å². The van der Waals surface area contributed by atoms with Crippen LogP contribution in [0, 0.1) is 5.92 Å². The second-order valence-electron chi connectivity index (χ2n) is 5.41. The van der Waals surface area contributed by atoms with Gasteiger partial charge in [0, 0.05) is 10.6 Å². The number of nitrogen functional groups attached to an aromatic ring is 1. The summed E-state index contributed by atoms with van der Waals surface area (Å²) in [5, 5.41) is 3.58. The second-order valence-corrected chi connectivity index (χ2v) is 6.55. The smallest absolute Gasteiger partial charge is 0.258 e. The Bertz CT molecular complexity index is 633. The maximum absolute atomic E-state index is 12.5. The lowest BCUT2D eigenvalue weighted by atomic mass is 9.88. The summed E-state index contributed by atoms with van der Waals surface area (Å²) >= 11 is 1.58. The van der Waals surface area contributed by atoms with E-state index in [0.29, 0.717) is 16.5 Å². The van der Waals surface area contributed by atoms with E-state index in [1.165, 1.54) is 10.4 Å². The van der Waals surface area contributed by atoms with E-state index in [4.69, 9.17) is 5.73 Å². The Balaban J connectivity index is 1.89. The monoisotopic (exact) mass is 286 g/mol. The van der Waals surface area contributed by atoms with Crippen LogP contribution in [0.4, 0.5) is 10.7 Å². The van der Waals surface area contributed by atoms with E-state index >= 15 is 0 Å². The minimum Gasteiger partial charge on any atom is -0.390 e. The molecule has 4 heteroatoms. The molecule has 0 spiro atoms. The Morgan fingerprint density at radius 1 is 1.35 bits per heavy atom. The molecule has 1 aromatic heterocycles. The number of hydrogen-bond donors (Lipinski definition) is 2. The number of rotatable bonds is 2. The van der Waals surface area contributed by atoms with E-state index in [9.17, 15) is 4.79 Å². The van der Waals surface area contributed by atoms with Crippen LogP contribution < -0.4 is 11.1 Å². The van der Waals surface area contributed by atoms with Gasteiger partial charge in [-0.1, -0.05) is 25.1 Å². The minimum absolute atomic E-state index is 0.0826. The van der Waals surface area contributed by atoms with Crippen LogP contribution in [0.3, 0.4) is 0 Å². The summed E-state index contributed by atoms with van der Waals surface area (Å²) in [6, 6.07) is 9.51. The van der Waals surface area contributed by atoms with Gasteiger partial charge in [-0.25, -0.2) is 0 Å². The number of carbonyl (C=O) groups excluding carboxylic acids is 1. The third kappa shape index (κ3) is 2.43. The van der Waals surface area contributed by atoms with Crippen LogP contribution in [0.2, 0.25) is 0 Å². The van der Waals surface area contributed by atoms with Gasteiger partial charge in [-0.05, 0) is 42.9 Å². The van der Waals surface area contributed by atoms with Crippen LogP contribution in [0.1, 0.15) is 34.1 Å².